The van der Waals surface area contributed by atoms with Crippen LogP contribution in [-0.2, 0) is 0 Å². The van der Waals surface area contributed by atoms with Gasteiger partial charge < -0.3 is 4.90 Å². The van der Waals surface area contributed by atoms with E-state index >= 15 is 0 Å². The molecule has 0 aromatic heterocycles. The monoisotopic (exact) mass is 268 g/mol. The van der Waals surface area contributed by atoms with Crippen molar-refractivity contribution in [3.63, 3.8) is 0 Å². The number of anilines is 1. The first-order valence-corrected chi connectivity index (χ1v) is 6.90. The van der Waals surface area contributed by atoms with Crippen LogP contribution in [0.2, 0.25) is 0 Å². The highest BCUT2D eigenvalue weighted by molar-refractivity contribution is 5.61. The van der Waals surface area contributed by atoms with Gasteiger partial charge in [0, 0.05) is 26.2 Å². The number of hydrogen-bond acceptors (Lipinski definition) is 4. The van der Waals surface area contributed by atoms with Crippen LogP contribution < -0.4 is 4.90 Å². The van der Waals surface area contributed by atoms with Gasteiger partial charge in [-0.05, 0) is 38.5 Å². The summed E-state index contributed by atoms with van der Waals surface area (Å²) in [5, 5.41) is 18.4. The van der Waals surface area contributed by atoms with Crippen molar-refractivity contribution < 1.29 is 0 Å². The molecule has 1 fully saturated rings. The van der Waals surface area contributed by atoms with E-state index in [0.29, 0.717) is 0 Å². The molecule has 0 amide bonds. The number of rotatable bonds is 2. The van der Waals surface area contributed by atoms with E-state index in [1.54, 1.807) is 0 Å². The molecule has 1 aromatic carbocycles. The molecule has 0 unspecified atom stereocenters. The molecule has 104 valence electrons. The van der Waals surface area contributed by atoms with Gasteiger partial charge in [-0.3, -0.25) is 4.90 Å². The highest BCUT2D eigenvalue weighted by Crippen LogP contribution is 2.24. The van der Waals surface area contributed by atoms with E-state index in [4.69, 9.17) is 0 Å². The molecule has 0 spiro atoms. The summed E-state index contributed by atoms with van der Waals surface area (Å²) in [4.78, 5) is 4.45. The van der Waals surface area contributed by atoms with Gasteiger partial charge in [0.05, 0.1) is 17.3 Å². The lowest BCUT2D eigenvalue weighted by Gasteiger charge is -2.41. The number of hydrogen-bond donors (Lipinski definition) is 0. The molecular weight excluding hydrogens is 248 g/mol. The molecular formula is C16H20N4. The summed E-state index contributed by atoms with van der Waals surface area (Å²) in [5.74, 6) is 0. The molecule has 2 rings (SSSR count). The first kappa shape index (κ1) is 14.4. The molecule has 0 N–H and O–H groups in total. The Balaban J connectivity index is 2.14. The second kappa shape index (κ2) is 5.53. The third-order valence-electron chi connectivity index (χ3n) is 3.96. The SMILES string of the molecule is Cc1ccc(C#N)c(N2CCN(C(C)(C)C#N)CC2)c1. The average Bonchev–Trinajstić information content (AvgIpc) is 2.47. The highest BCUT2D eigenvalue weighted by Gasteiger charge is 2.30. The molecule has 1 aliphatic rings. The Morgan fingerprint density at radius 1 is 1.10 bits per heavy atom. The zero-order valence-corrected chi connectivity index (χ0v) is 12.3. The molecule has 0 saturated carbocycles. The normalized spacial score (nSPS) is 16.6. The minimum atomic E-state index is -0.420. The van der Waals surface area contributed by atoms with Crippen LogP contribution in [0.1, 0.15) is 25.0 Å². The van der Waals surface area contributed by atoms with E-state index in [2.05, 4.69) is 28.0 Å². The van der Waals surface area contributed by atoms with Crippen LogP contribution in [0, 0.1) is 29.6 Å². The fourth-order valence-corrected chi connectivity index (χ4v) is 2.57. The van der Waals surface area contributed by atoms with Crippen molar-refractivity contribution in [2.75, 3.05) is 31.1 Å². The van der Waals surface area contributed by atoms with Crippen molar-refractivity contribution in [3.8, 4) is 12.1 Å². The van der Waals surface area contributed by atoms with Crippen molar-refractivity contribution in [3.05, 3.63) is 29.3 Å². The smallest absolute Gasteiger partial charge is 0.103 e. The van der Waals surface area contributed by atoms with Gasteiger partial charge >= 0.3 is 0 Å². The zero-order valence-electron chi connectivity index (χ0n) is 12.3. The first-order valence-electron chi connectivity index (χ1n) is 6.90. The van der Waals surface area contributed by atoms with Gasteiger partial charge in [-0.1, -0.05) is 6.07 Å². The Hall–Kier alpha value is -2.04. The summed E-state index contributed by atoms with van der Waals surface area (Å²) in [6.45, 7) is 9.34. The zero-order chi connectivity index (χ0) is 14.8. The van der Waals surface area contributed by atoms with Crippen molar-refractivity contribution in [1.29, 1.82) is 10.5 Å². The summed E-state index contributed by atoms with van der Waals surface area (Å²) in [5.41, 5.74) is 2.49. The molecule has 4 nitrogen and oxygen atoms in total. The van der Waals surface area contributed by atoms with Crippen LogP contribution in [0.15, 0.2) is 18.2 Å². The topological polar surface area (TPSA) is 54.1 Å². The van der Waals surface area contributed by atoms with Gasteiger partial charge in [0.25, 0.3) is 0 Å². The molecule has 20 heavy (non-hydrogen) atoms. The third kappa shape index (κ3) is 2.76. The fourth-order valence-electron chi connectivity index (χ4n) is 2.57. The highest BCUT2D eigenvalue weighted by atomic mass is 15.3. The minimum Gasteiger partial charge on any atom is -0.368 e. The van der Waals surface area contributed by atoms with E-state index in [0.717, 1.165) is 37.4 Å². The lowest BCUT2D eigenvalue weighted by atomic mass is 10.0. The largest absolute Gasteiger partial charge is 0.368 e. The van der Waals surface area contributed by atoms with Gasteiger partial charge in [-0.25, -0.2) is 0 Å². The lowest BCUT2D eigenvalue weighted by Crippen LogP contribution is -2.54. The fraction of sp³-hybridized carbons (Fsp3) is 0.500. The predicted molar refractivity (Wildman–Crippen MR) is 79.4 cm³/mol. The summed E-state index contributed by atoms with van der Waals surface area (Å²) < 4.78 is 0. The predicted octanol–water partition coefficient (Wildman–Crippen LogP) is 2.29. The quantitative estimate of drug-likeness (QED) is 0.826. The molecule has 4 heteroatoms. The second-order valence-electron chi connectivity index (χ2n) is 5.78. The number of piperazine rings is 1. The Bertz CT molecular complexity index is 569. The minimum absolute atomic E-state index is 0.420. The molecule has 0 radical (unpaired) electrons. The van der Waals surface area contributed by atoms with E-state index < -0.39 is 5.54 Å². The van der Waals surface area contributed by atoms with Crippen LogP contribution in [-0.4, -0.2) is 36.6 Å². The van der Waals surface area contributed by atoms with Gasteiger partial charge in [0.1, 0.15) is 11.6 Å². The molecule has 1 heterocycles. The molecule has 1 aromatic rings. The number of benzene rings is 1. The Morgan fingerprint density at radius 2 is 1.75 bits per heavy atom. The molecule has 0 atom stereocenters. The Kier molecular flexibility index (Phi) is 3.97. The number of aryl methyl sites for hydroxylation is 1. The molecule has 0 aliphatic carbocycles. The molecule has 1 aliphatic heterocycles. The summed E-state index contributed by atoms with van der Waals surface area (Å²) >= 11 is 0. The Labute approximate surface area is 120 Å². The van der Waals surface area contributed by atoms with Crippen molar-refractivity contribution in [2.45, 2.75) is 26.3 Å². The standard InChI is InChI=1S/C16H20N4/c1-13-4-5-14(11-17)15(10-13)19-6-8-20(9-7-19)16(2,3)12-18/h4-5,10H,6-9H2,1-3H3. The van der Waals surface area contributed by atoms with Gasteiger partial charge in [-0.2, -0.15) is 10.5 Å². The van der Waals surface area contributed by atoms with E-state index in [-0.39, 0.29) is 0 Å². The van der Waals surface area contributed by atoms with Gasteiger partial charge in [0.2, 0.25) is 0 Å². The average molecular weight is 268 g/mol. The third-order valence-corrected chi connectivity index (χ3v) is 3.96. The number of nitriles is 2. The maximum Gasteiger partial charge on any atom is 0.103 e. The van der Waals surface area contributed by atoms with E-state index in [9.17, 15) is 10.5 Å². The van der Waals surface area contributed by atoms with Crippen LogP contribution in [0.4, 0.5) is 5.69 Å². The van der Waals surface area contributed by atoms with Crippen LogP contribution in [0.25, 0.3) is 0 Å². The van der Waals surface area contributed by atoms with Crippen LogP contribution >= 0.6 is 0 Å². The lowest BCUT2D eigenvalue weighted by molar-refractivity contribution is 0.158. The van der Waals surface area contributed by atoms with Crippen molar-refractivity contribution >= 4 is 5.69 Å². The molecule has 1 saturated heterocycles. The van der Waals surface area contributed by atoms with Crippen LogP contribution in [0.5, 0.6) is 0 Å². The maximum atomic E-state index is 9.23. The molecule has 0 bridgehead atoms. The van der Waals surface area contributed by atoms with E-state index in [1.807, 2.05) is 32.9 Å². The second-order valence-corrected chi connectivity index (χ2v) is 5.78. The van der Waals surface area contributed by atoms with Crippen molar-refractivity contribution in [1.82, 2.24) is 4.90 Å². The Morgan fingerprint density at radius 3 is 2.30 bits per heavy atom. The number of nitrogens with zero attached hydrogens (tertiary/aromatic N) is 4. The maximum absolute atomic E-state index is 9.23. The summed E-state index contributed by atoms with van der Waals surface area (Å²) in [7, 11) is 0. The van der Waals surface area contributed by atoms with Crippen LogP contribution in [0.3, 0.4) is 0 Å². The first-order chi connectivity index (χ1) is 9.47. The summed E-state index contributed by atoms with van der Waals surface area (Å²) in [6.07, 6.45) is 0. The van der Waals surface area contributed by atoms with Gasteiger partial charge in [-0.15, -0.1) is 0 Å². The van der Waals surface area contributed by atoms with Gasteiger partial charge in [0.15, 0.2) is 0 Å². The van der Waals surface area contributed by atoms with E-state index in [1.165, 1.54) is 5.56 Å². The summed E-state index contributed by atoms with van der Waals surface area (Å²) in [6, 6.07) is 10.5. The van der Waals surface area contributed by atoms with Crippen molar-refractivity contribution in [2.24, 2.45) is 0 Å².